The van der Waals surface area contributed by atoms with Gasteiger partial charge in [0, 0.05) is 25.3 Å². The van der Waals surface area contributed by atoms with Crippen LogP contribution < -0.4 is 10.6 Å². The van der Waals surface area contributed by atoms with Crippen LogP contribution in [0.25, 0.3) is 11.0 Å². The number of hydrogen-bond donors (Lipinski definition) is 2. The average molecular weight is 233 g/mol. The van der Waals surface area contributed by atoms with E-state index in [-0.39, 0.29) is 0 Å². The van der Waals surface area contributed by atoms with Crippen LogP contribution >= 0.6 is 0 Å². The molecule has 2 aromatic rings. The van der Waals surface area contributed by atoms with Gasteiger partial charge in [-0.05, 0) is 12.1 Å². The smallest absolute Gasteiger partial charge is 0.139 e. The highest BCUT2D eigenvalue weighted by Crippen LogP contribution is 2.21. The van der Waals surface area contributed by atoms with E-state index >= 15 is 0 Å². The molecule has 5 nitrogen and oxygen atoms in total. The molecular weight excluding hydrogens is 218 g/mol. The van der Waals surface area contributed by atoms with Crippen LogP contribution in [0, 0.1) is 0 Å². The lowest BCUT2D eigenvalue weighted by molar-refractivity contribution is 0.0806. The molecule has 1 unspecified atom stereocenters. The van der Waals surface area contributed by atoms with Crippen LogP contribution in [0.15, 0.2) is 29.0 Å². The number of ether oxygens (including phenoxy) is 1. The molecule has 1 aliphatic heterocycles. The molecule has 17 heavy (non-hydrogen) atoms. The van der Waals surface area contributed by atoms with Gasteiger partial charge >= 0.3 is 0 Å². The predicted molar refractivity (Wildman–Crippen MR) is 65.1 cm³/mol. The molecule has 1 aliphatic rings. The van der Waals surface area contributed by atoms with Crippen LogP contribution in [-0.4, -0.2) is 37.3 Å². The fraction of sp³-hybridized carbons (Fsp3) is 0.417. The van der Waals surface area contributed by atoms with Gasteiger partial charge in [-0.1, -0.05) is 0 Å². The Morgan fingerprint density at radius 2 is 2.47 bits per heavy atom. The number of fused-ring (bicyclic) bond motifs is 1. The fourth-order valence-electron chi connectivity index (χ4n) is 2.01. The number of rotatable bonds is 3. The molecule has 1 atom stereocenters. The zero-order valence-electron chi connectivity index (χ0n) is 9.48. The van der Waals surface area contributed by atoms with Gasteiger partial charge in [-0.2, -0.15) is 0 Å². The topological polar surface area (TPSA) is 59.3 Å². The van der Waals surface area contributed by atoms with Gasteiger partial charge in [-0.25, -0.2) is 4.98 Å². The lowest BCUT2D eigenvalue weighted by Crippen LogP contribution is -2.45. The number of pyridine rings is 1. The van der Waals surface area contributed by atoms with E-state index in [0.717, 1.165) is 43.1 Å². The Kier molecular flexibility index (Phi) is 2.94. The molecule has 0 bridgehead atoms. The van der Waals surface area contributed by atoms with E-state index in [0.29, 0.717) is 6.04 Å². The molecule has 3 heterocycles. The minimum Gasteiger partial charge on any atom is -0.464 e. The molecule has 0 aromatic carbocycles. The normalized spacial score (nSPS) is 20.6. The van der Waals surface area contributed by atoms with E-state index in [1.165, 1.54) is 0 Å². The molecule has 2 N–H and O–H groups in total. The lowest BCUT2D eigenvalue weighted by Gasteiger charge is -2.24. The SMILES string of the molecule is c1cc2occc2c(NCC2COCCN2)n1. The second kappa shape index (κ2) is 4.73. The largest absolute Gasteiger partial charge is 0.464 e. The van der Waals surface area contributed by atoms with E-state index in [9.17, 15) is 0 Å². The molecule has 0 amide bonds. The van der Waals surface area contributed by atoms with Crippen molar-refractivity contribution in [3.63, 3.8) is 0 Å². The Morgan fingerprint density at radius 1 is 1.47 bits per heavy atom. The summed E-state index contributed by atoms with van der Waals surface area (Å²) in [6.45, 7) is 3.26. The summed E-state index contributed by atoms with van der Waals surface area (Å²) in [6, 6.07) is 4.13. The van der Waals surface area contributed by atoms with Crippen LogP contribution in [0.5, 0.6) is 0 Å². The highest BCUT2D eigenvalue weighted by molar-refractivity contribution is 5.87. The van der Waals surface area contributed by atoms with Gasteiger partial charge in [0.2, 0.25) is 0 Å². The summed E-state index contributed by atoms with van der Waals surface area (Å²) in [5.41, 5.74) is 0.857. The summed E-state index contributed by atoms with van der Waals surface area (Å²) in [4.78, 5) is 4.32. The molecule has 90 valence electrons. The van der Waals surface area contributed by atoms with Crippen molar-refractivity contribution in [3.05, 3.63) is 24.6 Å². The summed E-state index contributed by atoms with van der Waals surface area (Å²) >= 11 is 0. The number of hydrogen-bond acceptors (Lipinski definition) is 5. The average Bonchev–Trinajstić information content (AvgIpc) is 2.86. The Morgan fingerprint density at radius 3 is 3.35 bits per heavy atom. The van der Waals surface area contributed by atoms with Crippen LogP contribution in [0.1, 0.15) is 0 Å². The highest BCUT2D eigenvalue weighted by atomic mass is 16.5. The van der Waals surface area contributed by atoms with Crippen molar-refractivity contribution in [2.24, 2.45) is 0 Å². The quantitative estimate of drug-likeness (QED) is 0.835. The lowest BCUT2D eigenvalue weighted by atomic mass is 10.2. The monoisotopic (exact) mass is 233 g/mol. The number of anilines is 1. The van der Waals surface area contributed by atoms with Crippen molar-refractivity contribution in [2.45, 2.75) is 6.04 Å². The first-order valence-electron chi connectivity index (χ1n) is 5.81. The van der Waals surface area contributed by atoms with Gasteiger partial charge < -0.3 is 19.8 Å². The molecule has 1 fully saturated rings. The second-order valence-corrected chi connectivity index (χ2v) is 4.10. The number of nitrogens with one attached hydrogen (secondary N) is 2. The molecule has 0 radical (unpaired) electrons. The molecule has 0 aliphatic carbocycles. The highest BCUT2D eigenvalue weighted by Gasteiger charge is 2.13. The van der Waals surface area contributed by atoms with Crippen molar-refractivity contribution in [1.29, 1.82) is 0 Å². The number of morpholine rings is 1. The van der Waals surface area contributed by atoms with Crippen molar-refractivity contribution in [3.8, 4) is 0 Å². The van der Waals surface area contributed by atoms with Crippen molar-refractivity contribution < 1.29 is 9.15 Å². The molecule has 2 aromatic heterocycles. The first-order chi connectivity index (χ1) is 8.43. The maximum atomic E-state index is 5.40. The molecule has 3 rings (SSSR count). The van der Waals surface area contributed by atoms with Gasteiger partial charge in [-0.3, -0.25) is 0 Å². The number of aromatic nitrogens is 1. The Balaban J connectivity index is 1.69. The molecule has 5 heteroatoms. The van der Waals surface area contributed by atoms with E-state index in [2.05, 4.69) is 15.6 Å². The zero-order valence-corrected chi connectivity index (χ0v) is 9.48. The van der Waals surface area contributed by atoms with Crippen molar-refractivity contribution >= 4 is 16.8 Å². The van der Waals surface area contributed by atoms with E-state index < -0.39 is 0 Å². The van der Waals surface area contributed by atoms with Crippen LogP contribution in [0.4, 0.5) is 5.82 Å². The van der Waals surface area contributed by atoms with Gasteiger partial charge in [0.05, 0.1) is 24.9 Å². The minimum absolute atomic E-state index is 0.340. The fourth-order valence-corrected chi connectivity index (χ4v) is 2.01. The number of nitrogens with zero attached hydrogens (tertiary/aromatic N) is 1. The van der Waals surface area contributed by atoms with E-state index in [1.807, 2.05) is 12.1 Å². The second-order valence-electron chi connectivity index (χ2n) is 4.10. The van der Waals surface area contributed by atoms with Gasteiger partial charge in [-0.15, -0.1) is 0 Å². The summed E-state index contributed by atoms with van der Waals surface area (Å²) in [5.74, 6) is 0.864. The van der Waals surface area contributed by atoms with E-state index in [1.54, 1.807) is 12.5 Å². The third-order valence-electron chi connectivity index (χ3n) is 2.89. The molecule has 1 saturated heterocycles. The van der Waals surface area contributed by atoms with Gasteiger partial charge in [0.1, 0.15) is 11.4 Å². The summed E-state index contributed by atoms with van der Waals surface area (Å²) in [7, 11) is 0. The Hall–Kier alpha value is -1.59. The first-order valence-corrected chi connectivity index (χ1v) is 5.81. The third kappa shape index (κ3) is 2.25. The number of furan rings is 1. The zero-order chi connectivity index (χ0) is 11.5. The van der Waals surface area contributed by atoms with Crippen molar-refractivity contribution in [1.82, 2.24) is 10.3 Å². The molecular formula is C12H15N3O2. The summed E-state index contributed by atoms with van der Waals surface area (Å²) in [5, 5.41) is 7.74. The Labute approximate surface area is 99.2 Å². The Bertz CT molecular complexity index is 491. The standard InChI is InChI=1S/C12H15N3O2/c1-3-14-12(10-2-5-17-11(1)10)15-7-9-8-16-6-4-13-9/h1-3,5,9,13H,4,6-8H2,(H,14,15). The van der Waals surface area contributed by atoms with Crippen molar-refractivity contribution in [2.75, 3.05) is 31.6 Å². The van der Waals surface area contributed by atoms with Gasteiger partial charge in [0.15, 0.2) is 0 Å². The van der Waals surface area contributed by atoms with E-state index in [4.69, 9.17) is 9.15 Å². The van der Waals surface area contributed by atoms with Gasteiger partial charge in [0.25, 0.3) is 0 Å². The minimum atomic E-state index is 0.340. The first kappa shape index (κ1) is 10.6. The summed E-state index contributed by atoms with van der Waals surface area (Å²) < 4.78 is 10.7. The maximum absolute atomic E-state index is 5.40. The van der Waals surface area contributed by atoms with Crippen LogP contribution in [0.3, 0.4) is 0 Å². The van der Waals surface area contributed by atoms with Crippen LogP contribution in [-0.2, 0) is 4.74 Å². The third-order valence-corrected chi connectivity index (χ3v) is 2.89. The maximum Gasteiger partial charge on any atom is 0.139 e. The molecule has 0 saturated carbocycles. The molecule has 0 spiro atoms. The predicted octanol–water partition coefficient (Wildman–Crippen LogP) is 1.23. The van der Waals surface area contributed by atoms with Crippen LogP contribution in [0.2, 0.25) is 0 Å². The summed E-state index contributed by atoms with van der Waals surface area (Å²) in [6.07, 6.45) is 3.43.